The molecule has 2 unspecified atom stereocenters. The molecular formula is C29H28NO2P. The Balaban J connectivity index is 1.54. The van der Waals surface area contributed by atoms with Crippen LogP contribution in [0.25, 0.3) is 43.5 Å². The molecule has 4 aromatic carbocycles. The van der Waals surface area contributed by atoms with Gasteiger partial charge in [0.15, 0.2) is 0 Å². The van der Waals surface area contributed by atoms with Crippen molar-refractivity contribution in [1.29, 1.82) is 0 Å². The van der Waals surface area contributed by atoms with Gasteiger partial charge in [-0.15, -0.1) is 0 Å². The molecule has 2 heterocycles. The molecule has 1 aliphatic heterocycles. The molecule has 0 N–H and O–H groups in total. The quantitative estimate of drug-likeness (QED) is 0.254. The molecule has 5 aromatic rings. The Morgan fingerprint density at radius 1 is 0.636 bits per heavy atom. The first kappa shape index (κ1) is 19.7. The van der Waals surface area contributed by atoms with E-state index >= 15 is 0 Å². The van der Waals surface area contributed by atoms with E-state index in [1.807, 2.05) is 0 Å². The van der Waals surface area contributed by atoms with Crippen LogP contribution in [0, 0.1) is 11.8 Å². The van der Waals surface area contributed by atoms with Crippen LogP contribution >= 0.6 is 8.16 Å². The van der Waals surface area contributed by atoms with Crippen molar-refractivity contribution < 1.29 is 8.39 Å². The van der Waals surface area contributed by atoms with Crippen molar-refractivity contribution in [2.45, 2.75) is 32.1 Å². The highest BCUT2D eigenvalue weighted by Gasteiger charge is 2.33. The van der Waals surface area contributed by atoms with Crippen LogP contribution in [0.5, 0.6) is 0 Å². The fourth-order valence-corrected chi connectivity index (χ4v) is 7.73. The molecule has 1 aromatic heterocycles. The maximum Gasteiger partial charge on any atom is 0.309 e. The number of hydrogen-bond donors (Lipinski definition) is 0. The van der Waals surface area contributed by atoms with Gasteiger partial charge in [-0.3, -0.25) is 0 Å². The van der Waals surface area contributed by atoms with E-state index in [0.29, 0.717) is 0 Å². The Morgan fingerprint density at radius 3 is 1.85 bits per heavy atom. The van der Waals surface area contributed by atoms with Crippen LogP contribution in [0.1, 0.15) is 32.1 Å². The fraction of sp³-hybridized carbons (Fsp3) is 0.310. The van der Waals surface area contributed by atoms with Crippen molar-refractivity contribution in [2.24, 2.45) is 11.8 Å². The van der Waals surface area contributed by atoms with Crippen LogP contribution in [0.15, 0.2) is 81.2 Å². The van der Waals surface area contributed by atoms with E-state index < -0.39 is 8.16 Å². The Hall–Kier alpha value is -2.74. The number of rotatable bonds is 1. The molecule has 3 nitrogen and oxygen atoms in total. The number of fused-ring (bicyclic) bond motifs is 8. The zero-order valence-electron chi connectivity index (χ0n) is 18.7. The summed E-state index contributed by atoms with van der Waals surface area (Å²) in [6.07, 6.45) is 6.81. The Labute approximate surface area is 194 Å². The fourth-order valence-electron chi connectivity index (χ4n) is 6.20. The average Bonchev–Trinajstić information content (AvgIpc) is 3.06. The maximum atomic E-state index is 6.78. The second-order valence-corrected chi connectivity index (χ2v) is 11.2. The minimum atomic E-state index is -1.20. The first-order chi connectivity index (χ1) is 16.3. The number of hydrogen-bond acceptors (Lipinski definition) is 3. The summed E-state index contributed by atoms with van der Waals surface area (Å²) in [6, 6.07) is 25.9. The van der Waals surface area contributed by atoms with Crippen LogP contribution < -0.4 is 4.67 Å². The van der Waals surface area contributed by atoms with Crippen molar-refractivity contribution in [3.63, 3.8) is 0 Å². The van der Waals surface area contributed by atoms with Crippen LogP contribution in [-0.4, -0.2) is 13.1 Å². The zero-order valence-corrected chi connectivity index (χ0v) is 19.6. The van der Waals surface area contributed by atoms with Crippen molar-refractivity contribution in [3.8, 4) is 0 Å². The lowest BCUT2D eigenvalue weighted by atomic mass is 9.76. The summed E-state index contributed by atoms with van der Waals surface area (Å²) in [6.45, 7) is 2.17. The molecule has 1 saturated carbocycles. The highest BCUT2D eigenvalue weighted by molar-refractivity contribution is 7.39. The van der Waals surface area contributed by atoms with Gasteiger partial charge in [-0.2, -0.15) is 0 Å². The van der Waals surface area contributed by atoms with E-state index in [-0.39, 0.29) is 0 Å². The predicted octanol–water partition coefficient (Wildman–Crippen LogP) is 8.74. The highest BCUT2D eigenvalue weighted by atomic mass is 31.1. The van der Waals surface area contributed by atoms with E-state index in [2.05, 4.69) is 77.5 Å². The average molecular weight is 454 g/mol. The Morgan fingerprint density at radius 2 is 1.21 bits per heavy atom. The van der Waals surface area contributed by atoms with Gasteiger partial charge in [0.1, 0.15) is 11.2 Å². The minimum Gasteiger partial charge on any atom is -0.408 e. The molecule has 166 valence electrons. The Bertz CT molecular complexity index is 1440. The van der Waals surface area contributed by atoms with E-state index in [0.717, 1.165) is 46.9 Å². The van der Waals surface area contributed by atoms with Crippen LogP contribution in [0.4, 0.5) is 0 Å². The lowest BCUT2D eigenvalue weighted by Crippen LogP contribution is -2.40. The summed E-state index contributed by atoms with van der Waals surface area (Å²) in [5.74, 6) is 1.68. The van der Waals surface area contributed by atoms with Crippen LogP contribution in [-0.2, 0) is 0 Å². The third-order valence-electron chi connectivity index (χ3n) is 7.89. The van der Waals surface area contributed by atoms with Gasteiger partial charge in [0.2, 0.25) is 0 Å². The van der Waals surface area contributed by atoms with E-state index in [1.54, 1.807) is 0 Å². The third-order valence-corrected chi connectivity index (χ3v) is 9.42. The molecule has 2 aliphatic rings. The summed E-state index contributed by atoms with van der Waals surface area (Å²) < 4.78 is 16.1. The maximum absolute atomic E-state index is 6.78. The van der Waals surface area contributed by atoms with E-state index in [9.17, 15) is 0 Å². The van der Waals surface area contributed by atoms with E-state index in [1.165, 1.54) is 53.6 Å². The first-order valence-corrected chi connectivity index (χ1v) is 13.4. The lowest BCUT2D eigenvalue weighted by Gasteiger charge is -2.39. The molecule has 1 saturated heterocycles. The van der Waals surface area contributed by atoms with Crippen molar-refractivity contribution in [3.05, 3.63) is 72.8 Å². The lowest BCUT2D eigenvalue weighted by molar-refractivity contribution is 0.205. The zero-order chi connectivity index (χ0) is 21.8. The topological polar surface area (TPSA) is 29.5 Å². The second-order valence-electron chi connectivity index (χ2n) is 9.75. The molecule has 2 atom stereocenters. The van der Waals surface area contributed by atoms with Gasteiger partial charge in [-0.25, -0.2) is 4.67 Å². The number of nitrogens with zero attached hydrogens (tertiary/aromatic N) is 1. The van der Waals surface area contributed by atoms with Gasteiger partial charge in [0.25, 0.3) is 0 Å². The number of piperidine rings is 1. The first-order valence-electron chi connectivity index (χ1n) is 12.3. The van der Waals surface area contributed by atoms with Crippen molar-refractivity contribution in [1.82, 2.24) is 0 Å². The second kappa shape index (κ2) is 7.94. The van der Waals surface area contributed by atoms with Gasteiger partial charge in [0.05, 0.1) is 0 Å². The molecule has 0 radical (unpaired) electrons. The van der Waals surface area contributed by atoms with E-state index in [4.69, 9.17) is 8.39 Å². The SMILES string of the molecule is c1ccc2c(c1)ccc1op(N3CCC4CCCCC4C3)oc3ccc4ccccc4c3c12. The monoisotopic (exact) mass is 453 g/mol. The molecule has 1 aliphatic carbocycles. The molecular weight excluding hydrogens is 425 g/mol. The largest absolute Gasteiger partial charge is 0.408 e. The number of benzene rings is 4. The van der Waals surface area contributed by atoms with Gasteiger partial charge in [0, 0.05) is 23.9 Å². The van der Waals surface area contributed by atoms with Gasteiger partial charge >= 0.3 is 8.16 Å². The van der Waals surface area contributed by atoms with Gasteiger partial charge in [-0.05, 0) is 58.4 Å². The summed E-state index contributed by atoms with van der Waals surface area (Å²) in [5, 5.41) is 7.23. The highest BCUT2D eigenvalue weighted by Crippen LogP contribution is 2.45. The molecule has 0 amide bonds. The summed E-state index contributed by atoms with van der Waals surface area (Å²) in [5.41, 5.74) is 1.89. The van der Waals surface area contributed by atoms with Crippen LogP contribution in [0.2, 0.25) is 0 Å². The predicted molar refractivity (Wildman–Crippen MR) is 139 cm³/mol. The van der Waals surface area contributed by atoms with Crippen molar-refractivity contribution >= 4 is 51.6 Å². The van der Waals surface area contributed by atoms with Gasteiger partial charge in [-0.1, -0.05) is 79.9 Å². The smallest absolute Gasteiger partial charge is 0.309 e. The molecule has 7 rings (SSSR count). The summed E-state index contributed by atoms with van der Waals surface area (Å²) in [7, 11) is -1.20. The third kappa shape index (κ3) is 3.29. The van der Waals surface area contributed by atoms with Crippen molar-refractivity contribution in [2.75, 3.05) is 17.8 Å². The molecule has 33 heavy (non-hydrogen) atoms. The standard InChI is InChI=1S/C29H28NO2P/c1-2-10-23-19-30(18-17-20(23)7-1)33-31-26-15-13-21-8-3-5-11-24(21)28(26)29-25-12-6-4-9-22(25)14-16-27(29)32-33/h3-6,8-9,11-16,20,23H,1-2,7,10,17-19H2. The molecule has 0 bridgehead atoms. The summed E-state index contributed by atoms with van der Waals surface area (Å²) in [4.78, 5) is 0. The van der Waals surface area contributed by atoms with Gasteiger partial charge < -0.3 is 8.39 Å². The normalized spacial score (nSPS) is 21.6. The molecule has 2 fully saturated rings. The molecule has 4 heteroatoms. The Kier molecular flexibility index (Phi) is 4.74. The van der Waals surface area contributed by atoms with Crippen LogP contribution in [0.3, 0.4) is 0 Å². The molecule has 0 spiro atoms. The minimum absolute atomic E-state index is 0.789. The summed E-state index contributed by atoms with van der Waals surface area (Å²) >= 11 is 0.